The SMILES string of the molecule is O=C(CCSc1ccc(Cl)cc1)Nc1cc(Cl)ccc1Oc1ccccc1. The largest absolute Gasteiger partial charge is 0.455 e. The lowest BCUT2D eigenvalue weighted by molar-refractivity contribution is -0.115. The fourth-order valence-electron chi connectivity index (χ4n) is 2.31. The van der Waals surface area contributed by atoms with Gasteiger partial charge < -0.3 is 10.1 Å². The van der Waals surface area contributed by atoms with E-state index in [4.69, 9.17) is 27.9 Å². The monoisotopic (exact) mass is 417 g/mol. The number of hydrogen-bond donors (Lipinski definition) is 1. The molecule has 0 unspecified atom stereocenters. The topological polar surface area (TPSA) is 38.3 Å². The maximum Gasteiger partial charge on any atom is 0.225 e. The van der Waals surface area contributed by atoms with Crippen molar-refractivity contribution in [1.29, 1.82) is 0 Å². The van der Waals surface area contributed by atoms with Crippen molar-refractivity contribution in [2.75, 3.05) is 11.1 Å². The van der Waals surface area contributed by atoms with Crippen LogP contribution in [0.1, 0.15) is 6.42 Å². The molecule has 0 saturated heterocycles. The first-order valence-electron chi connectivity index (χ1n) is 8.31. The first-order chi connectivity index (χ1) is 13.1. The highest BCUT2D eigenvalue weighted by Gasteiger charge is 2.10. The lowest BCUT2D eigenvalue weighted by atomic mass is 10.2. The summed E-state index contributed by atoms with van der Waals surface area (Å²) in [7, 11) is 0. The molecule has 0 aromatic heterocycles. The fourth-order valence-corrected chi connectivity index (χ4v) is 3.46. The zero-order chi connectivity index (χ0) is 19.1. The van der Waals surface area contributed by atoms with Gasteiger partial charge in [0.25, 0.3) is 0 Å². The van der Waals surface area contributed by atoms with Gasteiger partial charge in [-0.2, -0.15) is 0 Å². The lowest BCUT2D eigenvalue weighted by Crippen LogP contribution is -2.12. The molecule has 1 amide bonds. The van der Waals surface area contributed by atoms with E-state index in [1.165, 1.54) is 0 Å². The Labute approximate surface area is 172 Å². The van der Waals surface area contributed by atoms with Crippen LogP contribution in [0.3, 0.4) is 0 Å². The molecule has 3 rings (SSSR count). The maximum absolute atomic E-state index is 12.3. The number of para-hydroxylation sites is 1. The van der Waals surface area contributed by atoms with Crippen LogP contribution in [0.15, 0.2) is 77.7 Å². The normalized spacial score (nSPS) is 10.4. The van der Waals surface area contributed by atoms with E-state index in [1.54, 1.807) is 30.0 Å². The van der Waals surface area contributed by atoms with Crippen molar-refractivity contribution in [3.8, 4) is 11.5 Å². The minimum Gasteiger partial charge on any atom is -0.455 e. The van der Waals surface area contributed by atoms with Crippen LogP contribution in [-0.2, 0) is 4.79 Å². The van der Waals surface area contributed by atoms with Gasteiger partial charge in [0, 0.05) is 27.1 Å². The average molecular weight is 418 g/mol. The third kappa shape index (κ3) is 6.21. The van der Waals surface area contributed by atoms with E-state index in [0.29, 0.717) is 39.4 Å². The summed E-state index contributed by atoms with van der Waals surface area (Å²) in [4.78, 5) is 13.4. The molecule has 3 nitrogen and oxygen atoms in total. The molecule has 0 bridgehead atoms. The molecule has 0 heterocycles. The molecule has 0 radical (unpaired) electrons. The van der Waals surface area contributed by atoms with Gasteiger partial charge in [-0.3, -0.25) is 4.79 Å². The van der Waals surface area contributed by atoms with Crippen molar-refractivity contribution < 1.29 is 9.53 Å². The summed E-state index contributed by atoms with van der Waals surface area (Å²) in [6.45, 7) is 0. The highest BCUT2D eigenvalue weighted by Crippen LogP contribution is 2.32. The van der Waals surface area contributed by atoms with Crippen molar-refractivity contribution in [1.82, 2.24) is 0 Å². The second kappa shape index (κ2) is 9.70. The minimum atomic E-state index is -0.100. The van der Waals surface area contributed by atoms with E-state index in [0.717, 1.165) is 4.90 Å². The van der Waals surface area contributed by atoms with Gasteiger partial charge >= 0.3 is 0 Å². The van der Waals surface area contributed by atoms with Crippen LogP contribution < -0.4 is 10.1 Å². The Morgan fingerprint density at radius 3 is 2.37 bits per heavy atom. The van der Waals surface area contributed by atoms with Gasteiger partial charge in [0.05, 0.1) is 5.69 Å². The first kappa shape index (κ1) is 19.6. The number of rotatable bonds is 7. The van der Waals surface area contributed by atoms with Crippen molar-refractivity contribution in [2.45, 2.75) is 11.3 Å². The lowest BCUT2D eigenvalue weighted by Gasteiger charge is -2.13. The highest BCUT2D eigenvalue weighted by molar-refractivity contribution is 7.99. The minimum absolute atomic E-state index is 0.100. The van der Waals surface area contributed by atoms with E-state index in [9.17, 15) is 4.79 Å². The van der Waals surface area contributed by atoms with Crippen LogP contribution in [-0.4, -0.2) is 11.7 Å². The predicted molar refractivity (Wildman–Crippen MR) is 113 cm³/mol. The van der Waals surface area contributed by atoms with E-state index >= 15 is 0 Å². The second-order valence-corrected chi connectivity index (χ2v) is 7.70. The summed E-state index contributed by atoms with van der Waals surface area (Å²) in [6, 6.07) is 22.1. The van der Waals surface area contributed by atoms with Crippen LogP contribution >= 0.6 is 35.0 Å². The summed E-state index contributed by atoms with van der Waals surface area (Å²) >= 11 is 13.6. The van der Waals surface area contributed by atoms with Gasteiger partial charge in [0.1, 0.15) is 5.75 Å². The molecule has 0 aliphatic heterocycles. The Morgan fingerprint density at radius 1 is 0.926 bits per heavy atom. The van der Waals surface area contributed by atoms with Crippen molar-refractivity contribution in [3.05, 3.63) is 82.8 Å². The summed E-state index contributed by atoms with van der Waals surface area (Å²) in [5, 5.41) is 4.11. The Balaban J connectivity index is 1.59. The van der Waals surface area contributed by atoms with Crippen LogP contribution in [0.2, 0.25) is 10.0 Å². The molecule has 3 aromatic rings. The van der Waals surface area contributed by atoms with Gasteiger partial charge in [0.15, 0.2) is 5.75 Å². The van der Waals surface area contributed by atoms with Crippen LogP contribution in [0.25, 0.3) is 0 Å². The van der Waals surface area contributed by atoms with Crippen LogP contribution in [0.5, 0.6) is 11.5 Å². The molecule has 1 N–H and O–H groups in total. The van der Waals surface area contributed by atoms with E-state index < -0.39 is 0 Å². The zero-order valence-electron chi connectivity index (χ0n) is 14.3. The summed E-state index contributed by atoms with van der Waals surface area (Å²) in [6.07, 6.45) is 0.366. The van der Waals surface area contributed by atoms with Gasteiger partial charge in [0.2, 0.25) is 5.91 Å². The quantitative estimate of drug-likeness (QED) is 0.424. The standard InChI is InChI=1S/C21H17Cl2NO2S/c22-15-6-9-18(10-7-15)27-13-12-21(25)24-19-14-16(23)8-11-20(19)26-17-4-2-1-3-5-17/h1-11,14H,12-13H2,(H,24,25). The number of amides is 1. The molecule has 0 spiro atoms. The van der Waals surface area contributed by atoms with E-state index in [-0.39, 0.29) is 5.91 Å². The van der Waals surface area contributed by atoms with Gasteiger partial charge in [-0.25, -0.2) is 0 Å². The Bertz CT molecular complexity index is 902. The summed E-state index contributed by atoms with van der Waals surface area (Å²) < 4.78 is 5.86. The van der Waals surface area contributed by atoms with Crippen LogP contribution in [0.4, 0.5) is 5.69 Å². The number of halogens is 2. The number of thioether (sulfide) groups is 1. The molecule has 3 aromatic carbocycles. The third-order valence-corrected chi connectivity index (χ3v) is 5.10. The number of carbonyl (C=O) groups is 1. The van der Waals surface area contributed by atoms with Crippen molar-refractivity contribution >= 4 is 46.6 Å². The fraction of sp³-hybridized carbons (Fsp3) is 0.0952. The Morgan fingerprint density at radius 2 is 1.63 bits per heavy atom. The number of benzene rings is 3. The smallest absolute Gasteiger partial charge is 0.225 e. The zero-order valence-corrected chi connectivity index (χ0v) is 16.7. The van der Waals surface area contributed by atoms with Gasteiger partial charge in [-0.1, -0.05) is 41.4 Å². The Hall–Kier alpha value is -2.14. The van der Waals surface area contributed by atoms with Crippen LogP contribution in [0, 0.1) is 0 Å². The van der Waals surface area contributed by atoms with E-state index in [2.05, 4.69) is 5.32 Å². The number of anilines is 1. The molecule has 0 fully saturated rings. The Kier molecular flexibility index (Phi) is 7.04. The predicted octanol–water partition coefficient (Wildman–Crippen LogP) is 6.91. The highest BCUT2D eigenvalue weighted by atomic mass is 35.5. The van der Waals surface area contributed by atoms with Gasteiger partial charge in [-0.05, 0) is 54.6 Å². The second-order valence-electron chi connectivity index (χ2n) is 5.66. The molecule has 27 heavy (non-hydrogen) atoms. The molecule has 138 valence electrons. The third-order valence-electron chi connectivity index (χ3n) is 3.60. The molecular weight excluding hydrogens is 401 g/mol. The first-order valence-corrected chi connectivity index (χ1v) is 10.0. The number of carbonyl (C=O) groups excluding carboxylic acids is 1. The summed E-state index contributed by atoms with van der Waals surface area (Å²) in [5.41, 5.74) is 0.549. The molecule has 0 saturated carbocycles. The molecular formula is C21H17Cl2NO2S. The molecule has 6 heteroatoms. The van der Waals surface area contributed by atoms with Crippen molar-refractivity contribution in [3.63, 3.8) is 0 Å². The number of nitrogens with one attached hydrogen (secondary N) is 1. The number of ether oxygens (including phenoxy) is 1. The van der Waals surface area contributed by atoms with E-state index in [1.807, 2.05) is 54.6 Å². The van der Waals surface area contributed by atoms with Crippen molar-refractivity contribution in [2.24, 2.45) is 0 Å². The molecule has 0 aliphatic rings. The van der Waals surface area contributed by atoms with Gasteiger partial charge in [-0.15, -0.1) is 11.8 Å². The average Bonchev–Trinajstić information content (AvgIpc) is 2.66. The number of hydrogen-bond acceptors (Lipinski definition) is 3. The summed E-state index contributed by atoms with van der Waals surface area (Å²) in [5.74, 6) is 1.79. The molecule has 0 atom stereocenters. The maximum atomic E-state index is 12.3. The molecule has 0 aliphatic carbocycles.